The maximum absolute atomic E-state index is 11.6. The van der Waals surface area contributed by atoms with Gasteiger partial charge in [0, 0.05) is 13.1 Å². The Labute approximate surface area is 143 Å². The predicted octanol–water partition coefficient (Wildman–Crippen LogP) is -1.59. The topological polar surface area (TPSA) is 187 Å². The lowest BCUT2D eigenvalue weighted by molar-refractivity contribution is -0.835. The third-order valence-electron chi connectivity index (χ3n) is 2.92. The maximum atomic E-state index is 11.6. The number of hydrogen-bond donors (Lipinski definition) is 3. The molecule has 0 atom stereocenters. The summed E-state index contributed by atoms with van der Waals surface area (Å²) in [5, 5.41) is 2.21. The highest BCUT2D eigenvalue weighted by atomic mass is 32.3. The monoisotopic (exact) mass is 381 g/mol. The number of amides is 1. The fourth-order valence-electron chi connectivity index (χ4n) is 1.96. The van der Waals surface area contributed by atoms with Gasteiger partial charge < -0.3 is 25.6 Å². The predicted molar refractivity (Wildman–Crippen MR) is 82.6 cm³/mol. The van der Waals surface area contributed by atoms with E-state index in [9.17, 15) is 13.2 Å². The minimum absolute atomic E-state index is 0. The largest absolute Gasteiger partial charge is 0.870 e. The quantitative estimate of drug-likeness (QED) is 0.394. The van der Waals surface area contributed by atoms with Gasteiger partial charge in [-0.1, -0.05) is 4.98 Å². The van der Waals surface area contributed by atoms with Crippen LogP contribution < -0.4 is 25.0 Å². The molecule has 2 heterocycles. The molecule has 1 aliphatic rings. The molecule has 0 spiro atoms. The Hall–Kier alpha value is -2.42. The van der Waals surface area contributed by atoms with E-state index in [0.717, 1.165) is 0 Å². The minimum Gasteiger partial charge on any atom is -0.870 e. The summed E-state index contributed by atoms with van der Waals surface area (Å²) < 4.78 is 45.5. The first kappa shape index (κ1) is 20.6. The van der Waals surface area contributed by atoms with Gasteiger partial charge in [-0.2, -0.15) is 13.7 Å². The highest BCUT2D eigenvalue weighted by molar-refractivity contribution is 7.80. The van der Waals surface area contributed by atoms with Crippen LogP contribution in [-0.4, -0.2) is 62.4 Å². The van der Waals surface area contributed by atoms with Crippen LogP contribution in [0.25, 0.3) is 0 Å². The number of nitrogens with two attached hydrogens (primary N) is 1. The van der Waals surface area contributed by atoms with Gasteiger partial charge >= 0.3 is 22.4 Å². The Kier molecular flexibility index (Phi) is 7.10. The SMILES string of the molecule is CCOC(=O)Nc1nc(N2CCOCC2)cc(N)[n+]1OS(=O)(=O)O.[OH-]. The fourth-order valence-corrected chi connectivity index (χ4v) is 2.31. The Morgan fingerprint density at radius 2 is 2.16 bits per heavy atom. The number of ether oxygens (including phenoxy) is 2. The van der Waals surface area contributed by atoms with E-state index >= 15 is 0 Å². The average Bonchev–Trinajstić information content (AvgIpc) is 2.50. The van der Waals surface area contributed by atoms with Crippen molar-refractivity contribution in [1.82, 2.24) is 4.98 Å². The molecule has 1 fully saturated rings. The fraction of sp³-hybridized carbons (Fsp3) is 0.545. The zero-order valence-electron chi connectivity index (χ0n) is 13.3. The molecular weight excluding hydrogens is 362 g/mol. The second kappa shape index (κ2) is 8.61. The van der Waals surface area contributed by atoms with Gasteiger partial charge in [0.05, 0.1) is 25.9 Å². The van der Waals surface area contributed by atoms with Crippen LogP contribution in [0.5, 0.6) is 0 Å². The number of carbonyl (C=O) groups excluding carboxylic acids is 1. The summed E-state index contributed by atoms with van der Waals surface area (Å²) in [6.45, 7) is 3.72. The van der Waals surface area contributed by atoms with Crippen molar-refractivity contribution in [3.63, 3.8) is 0 Å². The smallest absolute Gasteiger partial charge is 0.474 e. The summed E-state index contributed by atoms with van der Waals surface area (Å²) in [5.41, 5.74) is 5.76. The first-order valence-corrected chi connectivity index (χ1v) is 8.33. The first-order valence-electron chi connectivity index (χ1n) is 6.96. The molecule has 0 bridgehead atoms. The molecule has 0 aromatic carbocycles. The number of morpholine rings is 1. The van der Waals surface area contributed by atoms with Gasteiger partial charge in [-0.3, -0.25) is 4.55 Å². The standard InChI is InChI=1S/C11H17N5O7S.H2O/c1-2-22-11(17)14-10-13-9(15-3-5-21-6-4-15)7-8(12)16(10)23-24(18,19)20;/h7H,2-6H2,1H3,(H3,12,13,14,17,18,19,20);1H2. The summed E-state index contributed by atoms with van der Waals surface area (Å²) >= 11 is 0. The number of hydrogen-bond acceptors (Lipinski definition) is 10. The van der Waals surface area contributed by atoms with Gasteiger partial charge in [-0.15, -0.1) is 0 Å². The van der Waals surface area contributed by atoms with Crippen molar-refractivity contribution in [3.05, 3.63) is 6.07 Å². The van der Waals surface area contributed by atoms with Crippen molar-refractivity contribution >= 4 is 34.1 Å². The van der Waals surface area contributed by atoms with Gasteiger partial charge in [-0.25, -0.2) is 9.08 Å². The highest BCUT2D eigenvalue weighted by Crippen LogP contribution is 2.16. The second-order valence-corrected chi connectivity index (χ2v) is 5.61. The lowest BCUT2D eigenvalue weighted by Gasteiger charge is -2.26. The molecule has 0 aliphatic carbocycles. The molecular formula is C11H19N5O8S. The highest BCUT2D eigenvalue weighted by Gasteiger charge is 2.27. The summed E-state index contributed by atoms with van der Waals surface area (Å²) in [4.78, 5) is 17.5. The third kappa shape index (κ3) is 5.86. The second-order valence-electron chi connectivity index (χ2n) is 4.60. The summed E-state index contributed by atoms with van der Waals surface area (Å²) in [7, 11) is -4.89. The van der Waals surface area contributed by atoms with Crippen molar-refractivity contribution in [2.45, 2.75) is 6.92 Å². The molecule has 0 unspecified atom stereocenters. The number of nitrogens with zero attached hydrogens (tertiary/aromatic N) is 3. The van der Waals surface area contributed by atoms with Crippen LogP contribution in [0.1, 0.15) is 6.92 Å². The molecule has 25 heavy (non-hydrogen) atoms. The number of nitrogens with one attached hydrogen (secondary N) is 1. The third-order valence-corrected chi connectivity index (χ3v) is 3.25. The Bertz CT molecular complexity index is 707. The number of aromatic nitrogens is 2. The van der Waals surface area contributed by atoms with Crippen LogP contribution in [0.15, 0.2) is 6.07 Å². The van der Waals surface area contributed by atoms with Gasteiger partial charge in [0.2, 0.25) is 5.82 Å². The van der Waals surface area contributed by atoms with E-state index in [4.69, 9.17) is 19.8 Å². The Balaban J connectivity index is 0.00000312. The lowest BCUT2D eigenvalue weighted by atomic mass is 10.4. The molecule has 1 aromatic rings. The zero-order valence-corrected chi connectivity index (χ0v) is 14.1. The van der Waals surface area contributed by atoms with E-state index < -0.39 is 16.5 Å². The molecule has 0 radical (unpaired) electrons. The summed E-state index contributed by atoms with van der Waals surface area (Å²) in [5.74, 6) is -0.207. The zero-order chi connectivity index (χ0) is 17.7. The molecule has 1 aromatic heterocycles. The van der Waals surface area contributed by atoms with Crippen LogP contribution in [-0.2, 0) is 19.9 Å². The van der Waals surface area contributed by atoms with Crippen molar-refractivity contribution < 1.29 is 41.7 Å². The average molecular weight is 381 g/mol. The van der Waals surface area contributed by atoms with Crippen molar-refractivity contribution in [3.8, 4) is 0 Å². The molecule has 1 saturated heterocycles. The molecule has 2 rings (SSSR count). The lowest BCUT2D eigenvalue weighted by Crippen LogP contribution is -2.51. The normalized spacial score (nSPS) is 14.4. The number of nitrogen functional groups attached to an aromatic ring is 1. The van der Waals surface area contributed by atoms with Crippen LogP contribution >= 0.6 is 0 Å². The van der Waals surface area contributed by atoms with E-state index in [1.807, 2.05) is 4.90 Å². The van der Waals surface area contributed by atoms with Crippen LogP contribution in [0.4, 0.5) is 22.4 Å². The first-order chi connectivity index (χ1) is 11.3. The van der Waals surface area contributed by atoms with Gasteiger partial charge in [0.15, 0.2) is 5.82 Å². The molecule has 13 nitrogen and oxygen atoms in total. The Morgan fingerprint density at radius 3 is 2.72 bits per heavy atom. The Morgan fingerprint density at radius 1 is 1.52 bits per heavy atom. The van der Waals surface area contributed by atoms with E-state index in [2.05, 4.69) is 14.6 Å². The molecule has 14 heteroatoms. The van der Waals surface area contributed by atoms with E-state index in [-0.39, 0.29) is 23.8 Å². The molecule has 1 amide bonds. The van der Waals surface area contributed by atoms with E-state index in [1.54, 1.807) is 6.92 Å². The molecule has 0 saturated carbocycles. The number of carbonyl (C=O) groups is 1. The van der Waals surface area contributed by atoms with Gasteiger partial charge in [-0.05, 0) is 11.7 Å². The van der Waals surface area contributed by atoms with Crippen molar-refractivity contribution in [2.75, 3.05) is 48.9 Å². The minimum atomic E-state index is -4.89. The van der Waals surface area contributed by atoms with Crippen LogP contribution in [0, 0.1) is 0 Å². The van der Waals surface area contributed by atoms with E-state index in [0.29, 0.717) is 36.9 Å². The number of rotatable bonds is 5. The van der Waals surface area contributed by atoms with Crippen LogP contribution in [0.2, 0.25) is 0 Å². The summed E-state index contributed by atoms with van der Waals surface area (Å²) in [6.07, 6.45) is -0.892. The maximum Gasteiger partial charge on any atom is 0.474 e. The summed E-state index contributed by atoms with van der Waals surface area (Å²) in [6, 6.07) is 1.34. The molecule has 1 aliphatic heterocycles. The molecule has 5 N–H and O–H groups in total. The number of anilines is 3. The van der Waals surface area contributed by atoms with Gasteiger partial charge in [0.25, 0.3) is 0 Å². The van der Waals surface area contributed by atoms with Crippen LogP contribution in [0.3, 0.4) is 0 Å². The van der Waals surface area contributed by atoms with Gasteiger partial charge in [0.1, 0.15) is 0 Å². The van der Waals surface area contributed by atoms with E-state index in [1.165, 1.54) is 6.07 Å². The van der Waals surface area contributed by atoms with Crippen molar-refractivity contribution in [2.24, 2.45) is 0 Å². The molecule has 142 valence electrons. The van der Waals surface area contributed by atoms with Crippen molar-refractivity contribution in [1.29, 1.82) is 0 Å².